The van der Waals surface area contributed by atoms with E-state index in [0.29, 0.717) is 50.8 Å². The molecule has 3 aromatic carbocycles. The van der Waals surface area contributed by atoms with Gasteiger partial charge in [0.25, 0.3) is 0 Å². The van der Waals surface area contributed by atoms with E-state index < -0.39 is 18.5 Å². The normalized spacial score (nSPS) is 11.5. The molecule has 182 valence electrons. The number of ether oxygens (including phenoxy) is 2. The number of fused-ring (bicyclic) bond motifs is 1. The number of carbonyl (C=O) groups excluding carboxylic acids is 1. The van der Waals surface area contributed by atoms with Gasteiger partial charge in [0.1, 0.15) is 29.1 Å². The van der Waals surface area contributed by atoms with E-state index in [4.69, 9.17) is 15.2 Å². The highest BCUT2D eigenvalue weighted by Crippen LogP contribution is 2.34. The quantitative estimate of drug-likeness (QED) is 0.340. The van der Waals surface area contributed by atoms with Gasteiger partial charge in [0.15, 0.2) is 0 Å². The summed E-state index contributed by atoms with van der Waals surface area (Å²) >= 11 is 0. The summed E-state index contributed by atoms with van der Waals surface area (Å²) < 4.78 is 51.2. The third-order valence-corrected chi connectivity index (χ3v) is 5.38. The van der Waals surface area contributed by atoms with Gasteiger partial charge in [-0.25, -0.2) is 4.98 Å². The number of benzene rings is 3. The highest BCUT2D eigenvalue weighted by atomic mass is 19.4. The minimum Gasteiger partial charge on any atom is -0.497 e. The van der Waals surface area contributed by atoms with Gasteiger partial charge in [-0.05, 0) is 42.8 Å². The molecule has 7 nitrogen and oxygen atoms in total. The number of aromatic nitrogens is 2. The number of nitrogens with one attached hydrogen (secondary N) is 1. The Bertz CT molecular complexity index is 1380. The highest BCUT2D eigenvalue weighted by Gasteiger charge is 2.26. The number of aryl methyl sites for hydroxylation is 1. The van der Waals surface area contributed by atoms with Crippen molar-refractivity contribution < 1.29 is 27.4 Å². The van der Waals surface area contributed by atoms with Crippen molar-refractivity contribution in [2.75, 3.05) is 19.0 Å². The van der Waals surface area contributed by atoms with Crippen molar-refractivity contribution in [1.82, 2.24) is 9.55 Å². The Balaban J connectivity index is 1.77. The first kappa shape index (κ1) is 23.9. The lowest BCUT2D eigenvalue weighted by atomic mass is 10.1. The molecule has 0 bridgehead atoms. The molecule has 3 N–H and O–H groups in total. The second kappa shape index (κ2) is 9.57. The molecular weight excluding hydrogens is 461 g/mol. The Labute approximate surface area is 199 Å². The predicted molar refractivity (Wildman–Crippen MR) is 127 cm³/mol. The van der Waals surface area contributed by atoms with Crippen LogP contribution in [0.15, 0.2) is 60.9 Å². The number of primary amides is 1. The van der Waals surface area contributed by atoms with Crippen molar-refractivity contribution in [3.05, 3.63) is 72.1 Å². The average Bonchev–Trinajstić information content (AvgIpc) is 3.22. The first-order valence-electron chi connectivity index (χ1n) is 10.7. The molecule has 0 saturated carbocycles. The van der Waals surface area contributed by atoms with E-state index >= 15 is 0 Å². The molecule has 10 heteroatoms. The molecule has 0 aliphatic heterocycles. The maximum Gasteiger partial charge on any atom is 0.390 e. The van der Waals surface area contributed by atoms with Gasteiger partial charge in [-0.15, -0.1) is 0 Å². The summed E-state index contributed by atoms with van der Waals surface area (Å²) in [5.41, 5.74) is 8.67. The molecule has 1 aromatic heterocycles. The molecular formula is C25H23F3N4O3. The first-order valence-corrected chi connectivity index (χ1v) is 10.7. The van der Waals surface area contributed by atoms with Gasteiger partial charge in [-0.3, -0.25) is 9.36 Å². The molecule has 0 fully saturated rings. The Kier molecular flexibility index (Phi) is 6.54. The van der Waals surface area contributed by atoms with Crippen molar-refractivity contribution in [2.45, 2.75) is 19.5 Å². The third-order valence-electron chi connectivity index (χ3n) is 5.38. The Morgan fingerprint density at radius 2 is 1.86 bits per heavy atom. The van der Waals surface area contributed by atoms with Crippen LogP contribution >= 0.6 is 0 Å². The number of imidazole rings is 1. The monoisotopic (exact) mass is 484 g/mol. The van der Waals surface area contributed by atoms with Crippen molar-refractivity contribution >= 4 is 22.6 Å². The van der Waals surface area contributed by atoms with Crippen molar-refractivity contribution in [3.63, 3.8) is 0 Å². The van der Waals surface area contributed by atoms with E-state index in [1.54, 1.807) is 72.4 Å². The van der Waals surface area contributed by atoms with Crippen LogP contribution in [-0.4, -0.2) is 35.3 Å². The largest absolute Gasteiger partial charge is 0.497 e. The van der Waals surface area contributed by atoms with Crippen molar-refractivity contribution in [2.24, 2.45) is 5.73 Å². The topological polar surface area (TPSA) is 91.4 Å². The van der Waals surface area contributed by atoms with Gasteiger partial charge in [0.05, 0.1) is 24.7 Å². The van der Waals surface area contributed by atoms with Gasteiger partial charge >= 0.3 is 6.18 Å². The lowest BCUT2D eigenvalue weighted by Gasteiger charge is -2.14. The SMILES string of the molecule is COc1cccc(Oc2cc(NCCC(F)(F)F)c3ncn(-c4ccc(C(N)=O)c(C)c4)c3c2)c1. The van der Waals surface area contributed by atoms with Crippen molar-refractivity contribution in [3.8, 4) is 22.9 Å². The summed E-state index contributed by atoms with van der Waals surface area (Å²) in [5, 5.41) is 2.83. The van der Waals surface area contributed by atoms with Crippen molar-refractivity contribution in [1.29, 1.82) is 0 Å². The summed E-state index contributed by atoms with van der Waals surface area (Å²) in [6, 6.07) is 15.5. The number of halogens is 3. The molecule has 1 heterocycles. The molecule has 35 heavy (non-hydrogen) atoms. The van der Waals surface area contributed by atoms with Gasteiger partial charge < -0.3 is 20.5 Å². The van der Waals surface area contributed by atoms with Crippen LogP contribution < -0.4 is 20.5 Å². The zero-order valence-corrected chi connectivity index (χ0v) is 19.0. The molecule has 1 amide bonds. The van der Waals surface area contributed by atoms with Crippen LogP contribution in [0.4, 0.5) is 18.9 Å². The molecule has 0 spiro atoms. The lowest BCUT2D eigenvalue weighted by Crippen LogP contribution is -2.14. The molecule has 0 aliphatic rings. The second-order valence-corrected chi connectivity index (χ2v) is 7.89. The number of nitrogens with two attached hydrogens (primary N) is 1. The Hall–Kier alpha value is -4.21. The first-order chi connectivity index (χ1) is 16.6. The van der Waals surface area contributed by atoms with Gasteiger partial charge in [0, 0.05) is 36.0 Å². The molecule has 4 aromatic rings. The zero-order chi connectivity index (χ0) is 25.2. The van der Waals surface area contributed by atoms with Crippen LogP contribution in [0.25, 0.3) is 16.7 Å². The van der Waals surface area contributed by atoms with Crippen LogP contribution in [0.3, 0.4) is 0 Å². The number of hydrogen-bond acceptors (Lipinski definition) is 5. The van der Waals surface area contributed by atoms with Crippen LogP contribution in [0.2, 0.25) is 0 Å². The lowest BCUT2D eigenvalue weighted by molar-refractivity contribution is -0.131. The Morgan fingerprint density at radius 3 is 2.54 bits per heavy atom. The highest BCUT2D eigenvalue weighted by molar-refractivity contribution is 5.95. The number of amides is 1. The number of nitrogens with zero attached hydrogens (tertiary/aromatic N) is 2. The van der Waals surface area contributed by atoms with E-state index in [1.807, 2.05) is 0 Å². The minimum absolute atomic E-state index is 0.319. The molecule has 0 unspecified atom stereocenters. The second-order valence-electron chi connectivity index (χ2n) is 7.89. The molecule has 0 saturated heterocycles. The zero-order valence-electron chi connectivity index (χ0n) is 19.0. The summed E-state index contributed by atoms with van der Waals surface area (Å²) in [7, 11) is 1.54. The third kappa shape index (κ3) is 5.48. The molecule has 0 radical (unpaired) electrons. The molecule has 0 atom stereocenters. The van der Waals surface area contributed by atoms with E-state index in [0.717, 1.165) is 0 Å². The predicted octanol–water partition coefficient (Wildman–Crippen LogP) is 5.60. The minimum atomic E-state index is -4.29. The van der Waals surface area contributed by atoms with E-state index in [1.165, 1.54) is 7.11 Å². The summed E-state index contributed by atoms with van der Waals surface area (Å²) in [4.78, 5) is 16.0. The van der Waals surface area contributed by atoms with Gasteiger partial charge in [0.2, 0.25) is 5.91 Å². The van der Waals surface area contributed by atoms with Crippen LogP contribution in [-0.2, 0) is 0 Å². The summed E-state index contributed by atoms with van der Waals surface area (Å²) in [5.74, 6) is 0.960. The molecule has 4 rings (SSSR count). The maximum atomic E-state index is 12.7. The standard InChI is InChI=1S/C25H23F3N4O3/c1-15-10-16(6-7-20(15)24(29)33)32-14-31-23-21(30-9-8-25(26,27)28)12-19(13-22(23)32)35-18-5-3-4-17(11-18)34-2/h3-7,10-14,30H,8-9H2,1-2H3,(H2,29,33). The van der Waals surface area contributed by atoms with E-state index in [-0.39, 0.29) is 6.54 Å². The van der Waals surface area contributed by atoms with Gasteiger partial charge in [-0.1, -0.05) is 6.07 Å². The average molecular weight is 484 g/mol. The number of rotatable bonds is 8. The number of alkyl halides is 3. The number of anilines is 1. The number of carbonyl (C=O) groups is 1. The fourth-order valence-electron chi connectivity index (χ4n) is 3.70. The number of hydrogen-bond donors (Lipinski definition) is 2. The van der Waals surface area contributed by atoms with Crippen LogP contribution in [0.5, 0.6) is 17.2 Å². The molecule has 0 aliphatic carbocycles. The maximum absolute atomic E-state index is 12.7. The van der Waals surface area contributed by atoms with Crippen LogP contribution in [0, 0.1) is 6.92 Å². The smallest absolute Gasteiger partial charge is 0.390 e. The summed E-state index contributed by atoms with van der Waals surface area (Å²) in [6.07, 6.45) is -3.72. The fraction of sp³-hybridized carbons (Fsp3) is 0.200. The van der Waals surface area contributed by atoms with E-state index in [9.17, 15) is 18.0 Å². The Morgan fingerprint density at radius 1 is 1.09 bits per heavy atom. The number of methoxy groups -OCH3 is 1. The van der Waals surface area contributed by atoms with Gasteiger partial charge in [-0.2, -0.15) is 13.2 Å². The summed E-state index contributed by atoms with van der Waals surface area (Å²) in [6.45, 7) is 1.45. The fourth-order valence-corrected chi connectivity index (χ4v) is 3.70. The van der Waals surface area contributed by atoms with Crippen LogP contribution in [0.1, 0.15) is 22.3 Å². The van der Waals surface area contributed by atoms with E-state index in [2.05, 4.69) is 10.3 Å².